The molecule has 8 nitrogen and oxygen atoms in total. The number of methoxy groups -OCH3 is 1. The molecule has 200 valence electrons. The number of likely N-dealkylation sites (tertiary alicyclic amines) is 1. The van der Waals surface area contributed by atoms with Gasteiger partial charge in [-0.3, -0.25) is 14.7 Å². The maximum Gasteiger partial charge on any atom is 0.274 e. The summed E-state index contributed by atoms with van der Waals surface area (Å²) in [5.41, 5.74) is 6.82. The smallest absolute Gasteiger partial charge is 0.274 e. The number of hydrogen-bond donors (Lipinski definition) is 1. The molecule has 0 spiro atoms. The van der Waals surface area contributed by atoms with Crippen LogP contribution < -0.4 is 9.47 Å². The second kappa shape index (κ2) is 10.6. The van der Waals surface area contributed by atoms with Gasteiger partial charge in [-0.25, -0.2) is 0 Å². The van der Waals surface area contributed by atoms with Gasteiger partial charge in [-0.05, 0) is 61.6 Å². The SMILES string of the molecule is COc1c(C=C(C)C)cc2c(c1-c1ccsc1)OCc1c(C(=O)N3CCCC(C(=O)N(C)C)CC3)n[nH]c1-2. The number of hydrogen-bond acceptors (Lipinski definition) is 6. The second-order valence-electron chi connectivity index (χ2n) is 10.4. The van der Waals surface area contributed by atoms with Crippen LogP contribution in [0.2, 0.25) is 0 Å². The molecule has 3 aromatic rings. The Kier molecular flexibility index (Phi) is 7.29. The maximum atomic E-state index is 13.6. The van der Waals surface area contributed by atoms with Gasteiger partial charge in [0.1, 0.15) is 18.1 Å². The maximum absolute atomic E-state index is 13.6. The third-order valence-electron chi connectivity index (χ3n) is 7.22. The number of aromatic nitrogens is 2. The zero-order valence-corrected chi connectivity index (χ0v) is 23.4. The first-order chi connectivity index (χ1) is 18.3. The predicted octanol–water partition coefficient (Wildman–Crippen LogP) is 5.46. The third-order valence-corrected chi connectivity index (χ3v) is 7.91. The number of rotatable bonds is 5. The largest absolute Gasteiger partial charge is 0.495 e. The average molecular weight is 535 g/mol. The summed E-state index contributed by atoms with van der Waals surface area (Å²) in [7, 11) is 5.25. The van der Waals surface area contributed by atoms with Crippen LogP contribution in [-0.4, -0.2) is 66.1 Å². The molecule has 0 aliphatic carbocycles. The molecule has 2 amide bonds. The van der Waals surface area contributed by atoms with Crippen LogP contribution in [0, 0.1) is 5.92 Å². The lowest BCUT2D eigenvalue weighted by Crippen LogP contribution is -2.34. The molecule has 2 aliphatic rings. The van der Waals surface area contributed by atoms with E-state index in [0.29, 0.717) is 25.2 Å². The van der Waals surface area contributed by atoms with E-state index in [4.69, 9.17) is 9.47 Å². The molecule has 0 saturated carbocycles. The van der Waals surface area contributed by atoms with E-state index in [-0.39, 0.29) is 24.3 Å². The summed E-state index contributed by atoms with van der Waals surface area (Å²) in [4.78, 5) is 29.6. The highest BCUT2D eigenvalue weighted by atomic mass is 32.1. The molecule has 5 rings (SSSR count). The van der Waals surface area contributed by atoms with Crippen molar-refractivity contribution in [3.8, 4) is 33.9 Å². The fourth-order valence-corrected chi connectivity index (χ4v) is 6.07. The van der Waals surface area contributed by atoms with Gasteiger partial charge >= 0.3 is 0 Å². The van der Waals surface area contributed by atoms with Crippen molar-refractivity contribution in [2.24, 2.45) is 5.92 Å². The predicted molar refractivity (Wildman–Crippen MR) is 149 cm³/mol. The van der Waals surface area contributed by atoms with Crippen molar-refractivity contribution in [3.63, 3.8) is 0 Å². The van der Waals surface area contributed by atoms with Gasteiger partial charge < -0.3 is 19.3 Å². The van der Waals surface area contributed by atoms with E-state index >= 15 is 0 Å². The van der Waals surface area contributed by atoms with Gasteiger partial charge in [-0.15, -0.1) is 0 Å². The van der Waals surface area contributed by atoms with Crippen LogP contribution in [0.15, 0.2) is 28.5 Å². The summed E-state index contributed by atoms with van der Waals surface area (Å²) < 4.78 is 12.3. The van der Waals surface area contributed by atoms with Crippen molar-refractivity contribution in [3.05, 3.63) is 45.3 Å². The lowest BCUT2D eigenvalue weighted by molar-refractivity contribution is -0.133. The minimum Gasteiger partial charge on any atom is -0.495 e. The van der Waals surface area contributed by atoms with E-state index in [1.165, 1.54) is 0 Å². The molecule has 1 N–H and O–H groups in total. The van der Waals surface area contributed by atoms with Crippen molar-refractivity contribution >= 4 is 29.2 Å². The highest BCUT2D eigenvalue weighted by molar-refractivity contribution is 7.08. The summed E-state index contributed by atoms with van der Waals surface area (Å²) in [6.45, 7) is 5.48. The summed E-state index contributed by atoms with van der Waals surface area (Å²) in [5, 5.41) is 11.8. The number of thiophene rings is 1. The molecule has 38 heavy (non-hydrogen) atoms. The van der Waals surface area contributed by atoms with E-state index in [0.717, 1.165) is 63.4 Å². The molecule has 1 aromatic carbocycles. The van der Waals surface area contributed by atoms with E-state index in [1.807, 2.05) is 16.3 Å². The Morgan fingerprint density at radius 2 is 2.08 bits per heavy atom. The number of allylic oxidation sites excluding steroid dienone is 1. The van der Waals surface area contributed by atoms with E-state index in [9.17, 15) is 9.59 Å². The number of carbonyl (C=O) groups is 2. The van der Waals surface area contributed by atoms with E-state index in [1.54, 1.807) is 37.4 Å². The van der Waals surface area contributed by atoms with Gasteiger partial charge in [0.05, 0.1) is 18.4 Å². The standard InChI is InChI=1S/C29H34N4O4S/c1-17(2)13-20-14-21-24-22(15-37-27(21)23(26(20)36-5)19-9-12-38-16-19)25(31-30-24)29(35)33-10-6-7-18(8-11-33)28(34)32(3)4/h9,12-14,16,18H,6-8,10-11,15H2,1-5H3,(H,30,31). The van der Waals surface area contributed by atoms with Gasteiger partial charge in [-0.1, -0.05) is 11.6 Å². The first kappa shape index (κ1) is 26.0. The van der Waals surface area contributed by atoms with Crippen LogP contribution in [0.4, 0.5) is 0 Å². The highest BCUT2D eigenvalue weighted by Gasteiger charge is 2.34. The number of nitrogens with zero attached hydrogens (tertiary/aromatic N) is 3. The quantitative estimate of drug-likeness (QED) is 0.470. The first-order valence-corrected chi connectivity index (χ1v) is 13.9. The third kappa shape index (κ3) is 4.71. The number of fused-ring (bicyclic) bond motifs is 3. The molecule has 2 aromatic heterocycles. The van der Waals surface area contributed by atoms with Gasteiger partial charge in [0.2, 0.25) is 5.91 Å². The molecule has 1 saturated heterocycles. The molecule has 1 fully saturated rings. The number of benzene rings is 1. The number of ether oxygens (including phenoxy) is 2. The van der Waals surface area contributed by atoms with Crippen LogP contribution in [-0.2, 0) is 11.4 Å². The zero-order valence-electron chi connectivity index (χ0n) is 22.6. The highest BCUT2D eigenvalue weighted by Crippen LogP contribution is 2.50. The molecule has 0 radical (unpaired) electrons. The molecule has 4 heterocycles. The molecule has 2 aliphatic heterocycles. The summed E-state index contributed by atoms with van der Waals surface area (Å²) in [6, 6.07) is 4.11. The summed E-state index contributed by atoms with van der Waals surface area (Å²) in [6.07, 6.45) is 4.33. The van der Waals surface area contributed by atoms with E-state index < -0.39 is 0 Å². The Labute approximate surface area is 227 Å². The molecule has 1 unspecified atom stereocenters. The molecule has 0 bridgehead atoms. The van der Waals surface area contributed by atoms with Crippen LogP contribution in [0.25, 0.3) is 28.5 Å². The van der Waals surface area contributed by atoms with Crippen molar-refractivity contribution in [1.82, 2.24) is 20.0 Å². The Morgan fingerprint density at radius 3 is 2.76 bits per heavy atom. The minimum atomic E-state index is -0.122. The van der Waals surface area contributed by atoms with Gasteiger partial charge in [0, 0.05) is 49.8 Å². The average Bonchev–Trinajstić information content (AvgIpc) is 3.51. The van der Waals surface area contributed by atoms with Gasteiger partial charge in [-0.2, -0.15) is 16.4 Å². The van der Waals surface area contributed by atoms with Crippen LogP contribution in [0.5, 0.6) is 11.5 Å². The Balaban J connectivity index is 1.52. The lowest BCUT2D eigenvalue weighted by atomic mass is 9.92. The number of H-pyrrole nitrogens is 1. The van der Waals surface area contributed by atoms with Crippen LogP contribution in [0.1, 0.15) is 54.7 Å². The van der Waals surface area contributed by atoms with Gasteiger partial charge in [0.15, 0.2) is 5.69 Å². The van der Waals surface area contributed by atoms with Gasteiger partial charge in [0.25, 0.3) is 5.91 Å². The lowest BCUT2D eigenvalue weighted by Gasteiger charge is -2.25. The van der Waals surface area contributed by atoms with Crippen molar-refractivity contribution in [2.45, 2.75) is 39.7 Å². The topological polar surface area (TPSA) is 87.8 Å². The molecular formula is C29H34N4O4S. The fraction of sp³-hybridized carbons (Fsp3) is 0.414. The monoisotopic (exact) mass is 534 g/mol. The normalized spacial score (nSPS) is 16.6. The molecule has 9 heteroatoms. The van der Waals surface area contributed by atoms with Crippen LogP contribution >= 0.6 is 11.3 Å². The first-order valence-electron chi connectivity index (χ1n) is 12.9. The Hall–Kier alpha value is -3.59. The number of carbonyl (C=O) groups excluding carboxylic acids is 2. The number of nitrogens with one attached hydrogen (secondary N) is 1. The van der Waals surface area contributed by atoms with Crippen LogP contribution in [0.3, 0.4) is 0 Å². The molecular weight excluding hydrogens is 500 g/mol. The second-order valence-corrected chi connectivity index (χ2v) is 11.1. The summed E-state index contributed by atoms with van der Waals surface area (Å²) >= 11 is 1.62. The van der Waals surface area contributed by atoms with E-state index in [2.05, 4.69) is 41.6 Å². The van der Waals surface area contributed by atoms with Crippen molar-refractivity contribution in [1.29, 1.82) is 0 Å². The minimum absolute atomic E-state index is 0.0508. The Bertz CT molecular complexity index is 1390. The van der Waals surface area contributed by atoms with Crippen molar-refractivity contribution in [2.75, 3.05) is 34.3 Å². The summed E-state index contributed by atoms with van der Waals surface area (Å²) in [5.74, 6) is 1.44. The number of amides is 2. The number of aromatic amines is 1. The zero-order chi connectivity index (χ0) is 27.0. The fourth-order valence-electron chi connectivity index (χ4n) is 5.42. The molecule has 1 atom stereocenters. The Morgan fingerprint density at radius 1 is 1.26 bits per heavy atom. The van der Waals surface area contributed by atoms with Crippen molar-refractivity contribution < 1.29 is 19.1 Å².